The molecule has 1 nitrogen and oxygen atoms in total. The number of aromatic amines is 1. The molecule has 2 aromatic rings. The van der Waals surface area contributed by atoms with Gasteiger partial charge in [0.1, 0.15) is 5.56 Å². The van der Waals surface area contributed by atoms with E-state index in [1.54, 1.807) is 24.3 Å². The fourth-order valence-electron chi connectivity index (χ4n) is 1.28. The molecule has 0 fully saturated rings. The molecule has 0 spiro atoms. The van der Waals surface area contributed by atoms with Crippen LogP contribution in [0.3, 0.4) is 0 Å². The third kappa shape index (κ3) is 1.55. The van der Waals surface area contributed by atoms with Gasteiger partial charge in [-0.2, -0.15) is 13.2 Å². The predicted octanol–water partition coefficient (Wildman–Crippen LogP) is 2.67. The molecule has 0 radical (unpaired) electrons. The average molecular weight is 198 g/mol. The monoisotopic (exact) mass is 198 g/mol. The van der Waals surface area contributed by atoms with Gasteiger partial charge >= 0.3 is 6.18 Å². The summed E-state index contributed by atoms with van der Waals surface area (Å²) in [4.78, 5) is 2.61. The standard InChI is InChI=1S/C10H6F3N/c11-10(12,13)8-5-7-3-1-2-4-9(7)14-6-8/h1-6H/p+1. The summed E-state index contributed by atoms with van der Waals surface area (Å²) in [6, 6.07) is 7.98. The van der Waals surface area contributed by atoms with E-state index < -0.39 is 11.7 Å². The lowest BCUT2D eigenvalue weighted by atomic mass is 10.1. The largest absolute Gasteiger partial charge is 0.422 e. The van der Waals surface area contributed by atoms with Crippen molar-refractivity contribution in [1.82, 2.24) is 0 Å². The minimum absolute atomic E-state index is 0.558. The molecule has 1 N–H and O–H groups in total. The predicted molar refractivity (Wildman–Crippen MR) is 45.5 cm³/mol. The van der Waals surface area contributed by atoms with Crippen LogP contribution >= 0.6 is 0 Å². The third-order valence-electron chi connectivity index (χ3n) is 1.98. The molecule has 0 saturated carbocycles. The summed E-state index contributed by atoms with van der Waals surface area (Å²) >= 11 is 0. The van der Waals surface area contributed by atoms with Crippen LogP contribution in [0.4, 0.5) is 13.2 Å². The summed E-state index contributed by atoms with van der Waals surface area (Å²) < 4.78 is 36.9. The van der Waals surface area contributed by atoms with Gasteiger partial charge in [0.25, 0.3) is 0 Å². The Morgan fingerprint density at radius 2 is 1.79 bits per heavy atom. The van der Waals surface area contributed by atoms with E-state index in [4.69, 9.17) is 0 Å². The Labute approximate surface area is 78.2 Å². The summed E-state index contributed by atoms with van der Waals surface area (Å²) in [5.41, 5.74) is 0.0386. The average Bonchev–Trinajstić information content (AvgIpc) is 2.16. The van der Waals surface area contributed by atoms with E-state index in [-0.39, 0.29) is 0 Å². The van der Waals surface area contributed by atoms with Gasteiger partial charge in [0, 0.05) is 11.5 Å². The number of halogens is 3. The minimum Gasteiger partial charge on any atom is -0.211 e. The van der Waals surface area contributed by atoms with Crippen LogP contribution in [0.2, 0.25) is 0 Å². The second-order valence-corrected chi connectivity index (χ2v) is 2.97. The first-order valence-corrected chi connectivity index (χ1v) is 4.05. The van der Waals surface area contributed by atoms with E-state index in [0.29, 0.717) is 10.9 Å². The number of hydrogen-bond donors (Lipinski definition) is 0. The molecule has 0 aliphatic rings. The highest BCUT2D eigenvalue weighted by molar-refractivity contribution is 5.75. The van der Waals surface area contributed by atoms with Gasteiger partial charge in [0.2, 0.25) is 5.52 Å². The Balaban J connectivity index is 2.63. The third-order valence-corrected chi connectivity index (χ3v) is 1.98. The molecule has 1 aromatic carbocycles. The number of hydrogen-bond acceptors (Lipinski definition) is 0. The van der Waals surface area contributed by atoms with Gasteiger partial charge < -0.3 is 0 Å². The van der Waals surface area contributed by atoms with Crippen LogP contribution in [0.1, 0.15) is 5.56 Å². The van der Waals surface area contributed by atoms with Gasteiger partial charge in [0.05, 0.1) is 0 Å². The maximum Gasteiger partial charge on any atom is 0.422 e. The van der Waals surface area contributed by atoms with E-state index in [1.807, 2.05) is 0 Å². The molecular weight excluding hydrogens is 191 g/mol. The maximum absolute atomic E-state index is 12.3. The molecule has 72 valence electrons. The van der Waals surface area contributed by atoms with Gasteiger partial charge in [-0.05, 0) is 12.1 Å². The lowest BCUT2D eigenvalue weighted by Crippen LogP contribution is -2.12. The Bertz CT molecular complexity index is 462. The molecule has 2 rings (SSSR count). The quantitative estimate of drug-likeness (QED) is 0.618. The molecule has 1 heterocycles. The number of pyridine rings is 1. The summed E-state index contributed by atoms with van der Waals surface area (Å²) in [6.45, 7) is 0. The van der Waals surface area contributed by atoms with Gasteiger partial charge in [-0.25, -0.2) is 4.98 Å². The van der Waals surface area contributed by atoms with Crippen molar-refractivity contribution < 1.29 is 18.2 Å². The number of para-hydroxylation sites is 1. The number of aromatic nitrogens is 1. The van der Waals surface area contributed by atoms with Crippen molar-refractivity contribution in [3.05, 3.63) is 42.1 Å². The molecule has 1 aromatic heterocycles. The first-order valence-electron chi connectivity index (χ1n) is 4.05. The van der Waals surface area contributed by atoms with Gasteiger partial charge in [-0.1, -0.05) is 12.1 Å². The lowest BCUT2D eigenvalue weighted by Gasteiger charge is -2.03. The van der Waals surface area contributed by atoms with Gasteiger partial charge in [0.15, 0.2) is 6.20 Å². The number of H-pyrrole nitrogens is 1. The number of benzene rings is 1. The van der Waals surface area contributed by atoms with E-state index in [9.17, 15) is 13.2 Å². The highest BCUT2D eigenvalue weighted by Gasteiger charge is 2.32. The highest BCUT2D eigenvalue weighted by Crippen LogP contribution is 2.29. The van der Waals surface area contributed by atoms with Gasteiger partial charge in [-0.3, -0.25) is 0 Å². The summed E-state index contributed by atoms with van der Waals surface area (Å²) in [5.74, 6) is 0. The van der Waals surface area contributed by atoms with Crippen molar-refractivity contribution in [3.8, 4) is 0 Å². The van der Waals surface area contributed by atoms with E-state index >= 15 is 0 Å². The lowest BCUT2D eigenvalue weighted by molar-refractivity contribution is -0.348. The molecule has 0 amide bonds. The van der Waals surface area contributed by atoms with Crippen molar-refractivity contribution in [3.63, 3.8) is 0 Å². The van der Waals surface area contributed by atoms with Gasteiger partial charge in [-0.15, -0.1) is 0 Å². The number of rotatable bonds is 0. The van der Waals surface area contributed by atoms with Crippen LogP contribution < -0.4 is 4.98 Å². The molecular formula is C10H7F3N+. The zero-order chi connectivity index (χ0) is 10.2. The Hall–Kier alpha value is -1.58. The van der Waals surface area contributed by atoms with Crippen molar-refractivity contribution in [1.29, 1.82) is 0 Å². The maximum atomic E-state index is 12.3. The highest BCUT2D eigenvalue weighted by atomic mass is 19.4. The first kappa shape index (κ1) is 8.99. The second-order valence-electron chi connectivity index (χ2n) is 2.97. The molecule has 0 saturated heterocycles. The van der Waals surface area contributed by atoms with Crippen molar-refractivity contribution >= 4 is 10.9 Å². The van der Waals surface area contributed by atoms with Crippen LogP contribution in [-0.4, -0.2) is 0 Å². The molecule has 4 heteroatoms. The van der Waals surface area contributed by atoms with Crippen LogP contribution in [-0.2, 0) is 6.18 Å². The SMILES string of the molecule is FC(F)(F)c1c[nH+]c2ccccc2c1. The summed E-state index contributed by atoms with van der Waals surface area (Å²) in [7, 11) is 0. The molecule has 0 aliphatic heterocycles. The summed E-state index contributed by atoms with van der Waals surface area (Å²) in [5, 5.41) is 0.558. The molecule has 0 aliphatic carbocycles. The first-order chi connectivity index (χ1) is 6.57. The van der Waals surface area contributed by atoms with E-state index in [2.05, 4.69) is 4.98 Å². The Morgan fingerprint density at radius 3 is 2.50 bits per heavy atom. The fraction of sp³-hybridized carbons (Fsp3) is 0.100. The van der Waals surface area contributed by atoms with Crippen molar-refractivity contribution in [2.24, 2.45) is 0 Å². The number of fused-ring (bicyclic) bond motifs is 1. The number of nitrogens with one attached hydrogen (secondary N) is 1. The zero-order valence-corrected chi connectivity index (χ0v) is 7.10. The van der Waals surface area contributed by atoms with Crippen LogP contribution in [0.15, 0.2) is 36.5 Å². The van der Waals surface area contributed by atoms with Crippen molar-refractivity contribution in [2.75, 3.05) is 0 Å². The van der Waals surface area contributed by atoms with E-state index in [0.717, 1.165) is 12.3 Å². The molecule has 14 heavy (non-hydrogen) atoms. The molecule has 0 atom stereocenters. The van der Waals surface area contributed by atoms with E-state index in [1.165, 1.54) is 0 Å². The topological polar surface area (TPSA) is 14.1 Å². The second kappa shape index (κ2) is 2.97. The minimum atomic E-state index is -4.29. The van der Waals surface area contributed by atoms with Crippen LogP contribution in [0, 0.1) is 0 Å². The van der Waals surface area contributed by atoms with Crippen molar-refractivity contribution in [2.45, 2.75) is 6.18 Å². The smallest absolute Gasteiger partial charge is 0.211 e. The van der Waals surface area contributed by atoms with Crippen LogP contribution in [0.25, 0.3) is 10.9 Å². The Morgan fingerprint density at radius 1 is 1.07 bits per heavy atom. The normalized spacial score (nSPS) is 11.9. The number of alkyl halides is 3. The fourth-order valence-corrected chi connectivity index (χ4v) is 1.28. The summed E-state index contributed by atoms with van der Waals surface area (Å²) in [6.07, 6.45) is -3.32. The van der Waals surface area contributed by atoms with Crippen LogP contribution in [0.5, 0.6) is 0 Å². The molecule has 0 unspecified atom stereocenters. The zero-order valence-electron chi connectivity index (χ0n) is 7.10. The molecule has 0 bridgehead atoms. The Kier molecular flexibility index (Phi) is 1.91.